The van der Waals surface area contributed by atoms with E-state index in [2.05, 4.69) is 20.4 Å². The molecule has 0 aromatic heterocycles. The molecule has 0 saturated carbocycles. The van der Waals surface area contributed by atoms with Crippen molar-refractivity contribution in [1.82, 2.24) is 20.4 Å². The Balaban J connectivity index is 0.000000199. The number of hydrogen-bond donors (Lipinski definition) is 4. The monoisotopic (exact) mass is 1010 g/mol. The number of carbonyl (C=O) groups excluding carboxylic acids is 5. The van der Waals surface area contributed by atoms with E-state index in [1.807, 2.05) is 66.7 Å². The molecule has 4 amide bonds. The summed E-state index contributed by atoms with van der Waals surface area (Å²) in [6.45, 7) is 6.49. The lowest BCUT2D eigenvalue weighted by atomic mass is 10.0. The molecule has 9 rings (SSSR count). The molecule has 73 heavy (non-hydrogen) atoms. The lowest BCUT2D eigenvalue weighted by Crippen LogP contribution is -2.50. The number of carbonyl (C=O) groups is 5. The Bertz CT molecular complexity index is 3150. The fraction of sp³-hybridized carbons (Fsp3) is 0.264. The predicted octanol–water partition coefficient (Wildman–Crippen LogP) is 6.00. The molecule has 6 aromatic carbocycles. The normalized spacial score (nSPS) is 17.1. The van der Waals surface area contributed by atoms with Crippen molar-refractivity contribution in [2.24, 2.45) is 0 Å². The van der Waals surface area contributed by atoms with Crippen molar-refractivity contribution in [3.63, 3.8) is 0 Å². The number of piperazine rings is 1. The molecule has 0 bridgehead atoms. The average molecular weight is 1010 g/mol. The molecule has 0 radical (unpaired) electrons. The second-order valence-corrected chi connectivity index (χ2v) is 19.1. The number of amidine groups is 2. The highest BCUT2D eigenvalue weighted by Crippen LogP contribution is 2.26. The first-order chi connectivity index (χ1) is 35.1. The Kier molecular flexibility index (Phi) is 16.2. The van der Waals surface area contributed by atoms with Gasteiger partial charge in [0.15, 0.2) is 0 Å². The number of cyclic esters (lactones) is 2. The minimum atomic E-state index is -3.64. The minimum Gasteiger partial charge on any atom is -0.465 e. The number of esters is 1. The molecule has 20 heteroatoms. The summed E-state index contributed by atoms with van der Waals surface area (Å²) in [5.74, 6) is -1.04. The topological polar surface area (TPSA) is 241 Å². The number of rotatable bonds is 14. The average Bonchev–Trinajstić information content (AvgIpc) is 3.96. The first kappa shape index (κ1) is 51.3. The molecule has 3 fully saturated rings. The third-order valence-corrected chi connectivity index (χ3v) is 12.8. The van der Waals surface area contributed by atoms with Gasteiger partial charge in [-0.2, -0.15) is 8.42 Å². The van der Waals surface area contributed by atoms with Crippen LogP contribution in [-0.2, 0) is 33.3 Å². The largest absolute Gasteiger partial charge is 0.465 e. The van der Waals surface area contributed by atoms with Crippen LogP contribution in [0.5, 0.6) is 0 Å². The van der Waals surface area contributed by atoms with E-state index in [1.54, 1.807) is 78.6 Å². The molecule has 0 aliphatic carbocycles. The quantitative estimate of drug-likeness (QED) is 0.0322. The van der Waals surface area contributed by atoms with Crippen LogP contribution in [-0.4, -0.2) is 144 Å². The molecule has 0 spiro atoms. The highest BCUT2D eigenvalue weighted by atomic mass is 32.2. The third-order valence-electron chi connectivity index (χ3n) is 12.3. The highest BCUT2D eigenvalue weighted by molar-refractivity contribution is 7.86. The number of anilines is 2. The number of benzene rings is 6. The van der Waals surface area contributed by atoms with Gasteiger partial charge in [-0.3, -0.25) is 49.0 Å². The summed E-state index contributed by atoms with van der Waals surface area (Å²) in [7, 11) is -3.64. The maximum absolute atomic E-state index is 12.9. The summed E-state index contributed by atoms with van der Waals surface area (Å²) in [4.78, 5) is 69.4. The van der Waals surface area contributed by atoms with Gasteiger partial charge in [0, 0.05) is 66.4 Å². The van der Waals surface area contributed by atoms with Crippen LogP contribution in [0.2, 0.25) is 0 Å². The molecule has 3 heterocycles. The maximum Gasteiger partial charge on any atom is 0.414 e. The fourth-order valence-electron chi connectivity index (χ4n) is 8.62. The molecule has 6 aromatic rings. The molecule has 4 N–H and O–H groups in total. The van der Waals surface area contributed by atoms with Crippen molar-refractivity contribution < 1.29 is 50.8 Å². The van der Waals surface area contributed by atoms with Gasteiger partial charge < -0.3 is 24.8 Å². The number of nitrogens with one attached hydrogen (secondary N) is 4. The smallest absolute Gasteiger partial charge is 0.414 e. The van der Waals surface area contributed by atoms with Crippen LogP contribution in [0.1, 0.15) is 38.8 Å². The van der Waals surface area contributed by atoms with Crippen LogP contribution < -0.4 is 20.4 Å². The van der Waals surface area contributed by atoms with E-state index in [9.17, 15) is 32.4 Å². The molecule has 3 saturated heterocycles. The zero-order valence-corrected chi connectivity index (χ0v) is 40.9. The molecule has 3 aliphatic rings. The summed E-state index contributed by atoms with van der Waals surface area (Å²) in [5, 5.41) is 25.5. The van der Waals surface area contributed by atoms with Crippen LogP contribution in [0.15, 0.2) is 133 Å². The summed E-state index contributed by atoms with van der Waals surface area (Å²) < 4.78 is 42.7. The van der Waals surface area contributed by atoms with E-state index in [0.717, 1.165) is 54.0 Å². The SMILES string of the molecule is CCOC(=O)CN1CCN(CC2CN(c3ccc(C(=N)NC(=O)c4cccc5ccccc45)cc3)C(=O)O2)CC1.CS(=O)(=O)OCC1CN(c2ccc(C(=N)NC(=O)c3cccc4ccccc34)cc2)C(=O)O1. The zero-order valence-electron chi connectivity index (χ0n) is 40.1. The summed E-state index contributed by atoms with van der Waals surface area (Å²) in [6.07, 6.45) is -1.08. The Morgan fingerprint density at radius 2 is 1.05 bits per heavy atom. The Hall–Kier alpha value is -8.04. The van der Waals surface area contributed by atoms with Crippen LogP contribution in [0.25, 0.3) is 21.5 Å². The maximum atomic E-state index is 12.9. The van der Waals surface area contributed by atoms with Crippen molar-refractivity contribution in [1.29, 1.82) is 10.8 Å². The Morgan fingerprint density at radius 3 is 1.53 bits per heavy atom. The molecular formula is C53H54N8O11S. The number of nitrogens with zero attached hydrogens (tertiary/aromatic N) is 4. The van der Waals surface area contributed by atoms with Crippen LogP contribution >= 0.6 is 0 Å². The Labute approximate surface area is 421 Å². The molecule has 378 valence electrons. The van der Waals surface area contributed by atoms with E-state index in [-0.39, 0.29) is 42.8 Å². The summed E-state index contributed by atoms with van der Waals surface area (Å²) >= 11 is 0. The molecule has 2 unspecified atom stereocenters. The molecular weight excluding hydrogens is 957 g/mol. The standard InChI is InChI=1S/C30H33N5O5.C23H21N3O6S/c1-2-39-27(36)20-34-16-14-33(15-17-34)18-24-19-35(30(38)40-24)23-12-10-22(11-13-23)28(31)32-29(37)26-9-5-7-21-6-3-4-8-25(21)26;1-33(29,30)31-14-18-13-26(23(28)32-18)17-11-9-16(10-12-17)21(24)25-22(27)20-8-4-6-15-5-2-3-7-19(15)20/h3-13,24H,2,14-20H2,1H3,(H2,31,32,37);2-12,18H,13-14H2,1H3,(H2,24,25,27). The number of amides is 4. The molecule has 2 atom stereocenters. The molecule has 3 aliphatic heterocycles. The van der Waals surface area contributed by atoms with Crippen molar-refractivity contribution in [3.05, 3.63) is 156 Å². The fourth-order valence-corrected chi connectivity index (χ4v) is 9.02. The van der Waals surface area contributed by atoms with E-state index < -0.39 is 34.3 Å². The lowest BCUT2D eigenvalue weighted by molar-refractivity contribution is -0.144. The van der Waals surface area contributed by atoms with Crippen molar-refractivity contribution in [2.75, 3.05) is 81.6 Å². The number of hydrogen-bond acceptors (Lipinski definition) is 15. The van der Waals surface area contributed by atoms with E-state index in [1.165, 1.54) is 4.90 Å². The van der Waals surface area contributed by atoms with E-state index >= 15 is 0 Å². The van der Waals surface area contributed by atoms with Gasteiger partial charge in [0.2, 0.25) is 0 Å². The van der Waals surface area contributed by atoms with Crippen LogP contribution in [0, 0.1) is 10.8 Å². The van der Waals surface area contributed by atoms with Crippen molar-refractivity contribution >= 4 is 84.7 Å². The van der Waals surface area contributed by atoms with Gasteiger partial charge in [0.05, 0.1) is 32.5 Å². The van der Waals surface area contributed by atoms with E-state index in [0.29, 0.717) is 59.9 Å². The van der Waals surface area contributed by atoms with Gasteiger partial charge in [-0.25, -0.2) is 9.59 Å². The van der Waals surface area contributed by atoms with Crippen molar-refractivity contribution in [3.8, 4) is 0 Å². The van der Waals surface area contributed by atoms with Gasteiger partial charge in [-0.05, 0) is 89.1 Å². The summed E-state index contributed by atoms with van der Waals surface area (Å²) in [6, 6.07) is 39.4. The third kappa shape index (κ3) is 13.1. The first-order valence-electron chi connectivity index (χ1n) is 23.5. The van der Waals surface area contributed by atoms with Gasteiger partial charge in [0.25, 0.3) is 21.9 Å². The van der Waals surface area contributed by atoms with Crippen LogP contribution in [0.4, 0.5) is 21.0 Å². The predicted molar refractivity (Wildman–Crippen MR) is 275 cm³/mol. The van der Waals surface area contributed by atoms with Gasteiger partial charge in [-0.15, -0.1) is 0 Å². The molecule has 19 nitrogen and oxygen atoms in total. The second kappa shape index (κ2) is 23.0. The minimum absolute atomic E-state index is 0.0199. The first-order valence-corrected chi connectivity index (χ1v) is 25.3. The van der Waals surface area contributed by atoms with E-state index in [4.69, 9.17) is 29.2 Å². The lowest BCUT2D eigenvalue weighted by Gasteiger charge is -2.34. The zero-order chi connectivity index (χ0) is 51.6. The van der Waals surface area contributed by atoms with Crippen molar-refractivity contribution in [2.45, 2.75) is 19.1 Å². The summed E-state index contributed by atoms with van der Waals surface area (Å²) in [5.41, 5.74) is 3.14. The Morgan fingerprint density at radius 1 is 0.616 bits per heavy atom. The van der Waals surface area contributed by atoms with Gasteiger partial charge in [0.1, 0.15) is 30.5 Å². The number of ether oxygens (including phenoxy) is 3. The van der Waals surface area contributed by atoms with Gasteiger partial charge in [-0.1, -0.05) is 72.8 Å². The second-order valence-electron chi connectivity index (χ2n) is 17.4. The highest BCUT2D eigenvalue weighted by Gasteiger charge is 2.35. The number of fused-ring (bicyclic) bond motifs is 2. The van der Waals surface area contributed by atoms with Gasteiger partial charge >= 0.3 is 18.2 Å². The van der Waals surface area contributed by atoms with Crippen LogP contribution in [0.3, 0.4) is 0 Å².